The quantitative estimate of drug-likeness (QED) is 0.683. The summed E-state index contributed by atoms with van der Waals surface area (Å²) >= 11 is 0. The van der Waals surface area contributed by atoms with Gasteiger partial charge in [0.25, 0.3) is 0 Å². The molecule has 1 aromatic heterocycles. The van der Waals surface area contributed by atoms with E-state index in [1.165, 1.54) is 11.8 Å². The van der Waals surface area contributed by atoms with Crippen molar-refractivity contribution in [2.24, 2.45) is 0 Å². The van der Waals surface area contributed by atoms with E-state index < -0.39 is 22.0 Å². The third-order valence-corrected chi connectivity index (χ3v) is 5.59. The minimum absolute atomic E-state index is 0.119. The van der Waals surface area contributed by atoms with Crippen molar-refractivity contribution in [2.75, 3.05) is 27.7 Å². The molecule has 0 unspecified atom stereocenters. The molecule has 0 saturated carbocycles. The van der Waals surface area contributed by atoms with E-state index in [1.807, 2.05) is 19.0 Å². The minimum Gasteiger partial charge on any atom is -0.403 e. The van der Waals surface area contributed by atoms with Gasteiger partial charge in [0, 0.05) is 29.6 Å². The molecule has 0 spiro atoms. The SMILES string of the molecule is CNS(=O)(=O)Cc1ccc2c(c1)c(CCN(C)C)c1n2OC(=O)/C=C\C(=O)O1. The van der Waals surface area contributed by atoms with Crippen molar-refractivity contribution in [1.29, 1.82) is 0 Å². The number of ether oxygens (including phenoxy) is 1. The summed E-state index contributed by atoms with van der Waals surface area (Å²) in [6.07, 6.45) is 2.50. The highest BCUT2D eigenvalue weighted by molar-refractivity contribution is 7.88. The molecule has 0 aliphatic carbocycles. The van der Waals surface area contributed by atoms with Gasteiger partial charge >= 0.3 is 11.9 Å². The largest absolute Gasteiger partial charge is 0.403 e. The number of nitrogens with one attached hydrogen (secondary N) is 1. The molecule has 150 valence electrons. The maximum absolute atomic E-state index is 12.0. The van der Waals surface area contributed by atoms with Crippen LogP contribution in [0.2, 0.25) is 0 Å². The van der Waals surface area contributed by atoms with Crippen LogP contribution in [0.3, 0.4) is 0 Å². The number of likely N-dealkylation sites (N-methyl/N-ethyl adjacent to an activating group) is 1. The Kier molecular flexibility index (Phi) is 5.54. The molecule has 0 atom stereocenters. The van der Waals surface area contributed by atoms with E-state index in [-0.39, 0.29) is 11.6 Å². The highest BCUT2D eigenvalue weighted by atomic mass is 32.2. The lowest BCUT2D eigenvalue weighted by Gasteiger charge is -2.13. The molecule has 0 fully saturated rings. The fraction of sp³-hybridized carbons (Fsp3) is 0.333. The number of benzene rings is 1. The van der Waals surface area contributed by atoms with Crippen LogP contribution in [-0.4, -0.2) is 57.7 Å². The maximum atomic E-state index is 12.0. The van der Waals surface area contributed by atoms with Gasteiger partial charge in [0.15, 0.2) is 0 Å². The van der Waals surface area contributed by atoms with E-state index in [0.717, 1.165) is 12.2 Å². The Balaban J connectivity index is 2.18. The summed E-state index contributed by atoms with van der Waals surface area (Å²) in [5.41, 5.74) is 1.72. The summed E-state index contributed by atoms with van der Waals surface area (Å²) in [6, 6.07) is 4.98. The van der Waals surface area contributed by atoms with E-state index in [1.54, 1.807) is 18.2 Å². The van der Waals surface area contributed by atoms with Crippen LogP contribution < -0.4 is 14.3 Å². The van der Waals surface area contributed by atoms with Gasteiger partial charge in [0.05, 0.1) is 11.3 Å². The van der Waals surface area contributed by atoms with Crippen molar-refractivity contribution < 1.29 is 27.6 Å². The molecule has 2 heterocycles. The predicted molar refractivity (Wildman–Crippen MR) is 102 cm³/mol. The summed E-state index contributed by atoms with van der Waals surface area (Å²) in [5.74, 6) is -1.48. The third kappa shape index (κ3) is 4.24. The van der Waals surface area contributed by atoms with Crippen molar-refractivity contribution in [3.63, 3.8) is 0 Å². The van der Waals surface area contributed by atoms with Crippen molar-refractivity contribution in [1.82, 2.24) is 14.4 Å². The molecule has 1 N–H and O–H groups in total. The van der Waals surface area contributed by atoms with Crippen LogP contribution in [0.15, 0.2) is 30.4 Å². The van der Waals surface area contributed by atoms with Crippen LogP contribution in [0.25, 0.3) is 10.9 Å². The number of carbonyl (C=O) groups is 2. The van der Waals surface area contributed by atoms with Crippen molar-refractivity contribution in [2.45, 2.75) is 12.2 Å². The summed E-state index contributed by atoms with van der Waals surface area (Å²) < 4.78 is 32.7. The Labute approximate surface area is 162 Å². The zero-order valence-electron chi connectivity index (χ0n) is 15.8. The third-order valence-electron chi connectivity index (χ3n) is 4.26. The maximum Gasteiger partial charge on any atom is 0.356 e. The molecule has 1 aliphatic rings. The first-order chi connectivity index (χ1) is 13.2. The lowest BCUT2D eigenvalue weighted by atomic mass is 10.1. The zero-order chi connectivity index (χ0) is 20.5. The first kappa shape index (κ1) is 20.1. The molecular formula is C18H21N3O6S. The topological polar surface area (TPSA) is 107 Å². The molecule has 0 amide bonds. The van der Waals surface area contributed by atoms with Crippen LogP contribution in [0, 0.1) is 0 Å². The number of carbonyl (C=O) groups excluding carboxylic acids is 2. The number of nitrogens with zero attached hydrogens (tertiary/aromatic N) is 2. The fourth-order valence-electron chi connectivity index (χ4n) is 2.89. The van der Waals surface area contributed by atoms with Crippen LogP contribution in [0.1, 0.15) is 11.1 Å². The number of hydrogen-bond acceptors (Lipinski definition) is 7. The van der Waals surface area contributed by atoms with Crippen LogP contribution in [0.4, 0.5) is 0 Å². The van der Waals surface area contributed by atoms with Crippen LogP contribution >= 0.6 is 0 Å². The zero-order valence-corrected chi connectivity index (χ0v) is 16.6. The van der Waals surface area contributed by atoms with Gasteiger partial charge in [-0.15, -0.1) is 4.73 Å². The van der Waals surface area contributed by atoms with Gasteiger partial charge in [-0.05, 0) is 45.3 Å². The average Bonchev–Trinajstić information content (AvgIpc) is 2.88. The standard InChI is InChI=1S/C18H21N3O6S/c1-19-28(24,25)11-12-4-5-15-14(10-12)13(8-9-20(2)3)18-21(15)27-17(23)7-6-16(22)26-18/h4-7,10,19H,8-9,11H2,1-3H3/b7-6-. The van der Waals surface area contributed by atoms with Gasteiger partial charge in [-0.25, -0.2) is 22.7 Å². The highest BCUT2D eigenvalue weighted by Crippen LogP contribution is 2.34. The van der Waals surface area contributed by atoms with Gasteiger partial charge < -0.3 is 14.5 Å². The Hall–Kier alpha value is -2.69. The van der Waals surface area contributed by atoms with Crippen molar-refractivity contribution >= 4 is 32.9 Å². The number of rotatable bonds is 6. The summed E-state index contributed by atoms with van der Waals surface area (Å²) in [7, 11) is 1.71. The number of fused-ring (bicyclic) bond motifs is 3. The van der Waals surface area contributed by atoms with Gasteiger partial charge in [0.2, 0.25) is 15.9 Å². The molecule has 10 heteroatoms. The second-order valence-corrected chi connectivity index (χ2v) is 8.54. The molecule has 1 aromatic carbocycles. The van der Waals surface area contributed by atoms with Gasteiger partial charge in [-0.2, -0.15) is 0 Å². The highest BCUT2D eigenvalue weighted by Gasteiger charge is 2.25. The Morgan fingerprint density at radius 2 is 1.86 bits per heavy atom. The van der Waals surface area contributed by atoms with Crippen LogP contribution in [-0.2, 0) is 31.8 Å². The molecule has 3 rings (SSSR count). The van der Waals surface area contributed by atoms with E-state index >= 15 is 0 Å². The molecule has 1 aliphatic heterocycles. The first-order valence-electron chi connectivity index (χ1n) is 8.54. The van der Waals surface area contributed by atoms with Gasteiger partial charge in [-0.1, -0.05) is 6.07 Å². The molecule has 0 saturated heterocycles. The predicted octanol–water partition coefficient (Wildman–Crippen LogP) is 0.225. The lowest BCUT2D eigenvalue weighted by molar-refractivity contribution is -0.142. The van der Waals surface area contributed by atoms with Gasteiger partial charge in [0.1, 0.15) is 0 Å². The van der Waals surface area contributed by atoms with Gasteiger partial charge in [-0.3, -0.25) is 0 Å². The van der Waals surface area contributed by atoms with E-state index in [4.69, 9.17) is 9.57 Å². The molecular weight excluding hydrogens is 386 g/mol. The minimum atomic E-state index is -3.46. The molecule has 0 radical (unpaired) electrons. The number of esters is 1. The molecule has 9 nitrogen and oxygen atoms in total. The Morgan fingerprint density at radius 3 is 2.54 bits per heavy atom. The molecule has 0 bridgehead atoms. The number of sulfonamides is 1. The number of hydrogen-bond donors (Lipinski definition) is 1. The second-order valence-electron chi connectivity index (χ2n) is 6.61. The van der Waals surface area contributed by atoms with E-state index in [9.17, 15) is 18.0 Å². The van der Waals surface area contributed by atoms with E-state index in [0.29, 0.717) is 35.0 Å². The number of aromatic nitrogens is 1. The fourth-order valence-corrected chi connectivity index (χ4v) is 3.65. The normalized spacial score (nSPS) is 15.7. The summed E-state index contributed by atoms with van der Waals surface area (Å²) in [5, 5.41) is 0.656. The molecule has 2 aromatic rings. The Morgan fingerprint density at radius 1 is 1.14 bits per heavy atom. The smallest absolute Gasteiger partial charge is 0.356 e. The first-order valence-corrected chi connectivity index (χ1v) is 10.2. The van der Waals surface area contributed by atoms with E-state index in [2.05, 4.69) is 4.72 Å². The van der Waals surface area contributed by atoms with Crippen LogP contribution in [0.5, 0.6) is 5.88 Å². The monoisotopic (exact) mass is 407 g/mol. The Bertz CT molecular complexity index is 1070. The van der Waals surface area contributed by atoms with Crippen molar-refractivity contribution in [3.05, 3.63) is 41.5 Å². The molecule has 28 heavy (non-hydrogen) atoms. The summed E-state index contributed by atoms with van der Waals surface area (Å²) in [4.78, 5) is 31.2. The lowest BCUT2D eigenvalue weighted by Crippen LogP contribution is -2.23. The summed E-state index contributed by atoms with van der Waals surface area (Å²) in [6.45, 7) is 0.645. The van der Waals surface area contributed by atoms with Crippen molar-refractivity contribution in [3.8, 4) is 5.88 Å². The average molecular weight is 407 g/mol. The second kappa shape index (κ2) is 7.74.